The van der Waals surface area contributed by atoms with Crippen molar-refractivity contribution in [2.45, 2.75) is 206 Å². The number of ketones is 1. The predicted octanol–water partition coefficient (Wildman–Crippen LogP) is 10.9. The van der Waals surface area contributed by atoms with Crippen LogP contribution in [0.2, 0.25) is 0 Å². The molecule has 0 saturated heterocycles. The van der Waals surface area contributed by atoms with Crippen molar-refractivity contribution < 1.29 is 24.5 Å². The van der Waals surface area contributed by atoms with Gasteiger partial charge in [-0.05, 0) is 44.9 Å². The van der Waals surface area contributed by atoms with Gasteiger partial charge >= 0.3 is 5.97 Å². The highest BCUT2D eigenvalue weighted by Gasteiger charge is 2.28. The second kappa shape index (κ2) is 34.4. The maximum absolute atomic E-state index is 12.4. The molecule has 0 aromatic heterocycles. The molecular weight excluding hydrogens is 548 g/mol. The molecule has 0 rings (SSSR count). The third kappa shape index (κ3) is 29.3. The van der Waals surface area contributed by atoms with Gasteiger partial charge in [0.2, 0.25) is 0 Å². The maximum atomic E-state index is 12.4. The van der Waals surface area contributed by atoms with E-state index in [0.29, 0.717) is 0 Å². The van der Waals surface area contributed by atoms with Crippen LogP contribution in [0.15, 0.2) is 24.3 Å². The Hall–Kier alpha value is -1.46. The Morgan fingerprint density at radius 3 is 1.41 bits per heavy atom. The van der Waals surface area contributed by atoms with Crippen LogP contribution < -0.4 is 0 Å². The summed E-state index contributed by atoms with van der Waals surface area (Å²) in [4.78, 5) is 24.6. The molecule has 0 radical (unpaired) electrons. The van der Waals surface area contributed by atoms with E-state index in [1.54, 1.807) is 0 Å². The average molecular weight is 621 g/mol. The van der Waals surface area contributed by atoms with Crippen LogP contribution in [0.1, 0.15) is 194 Å². The van der Waals surface area contributed by atoms with Gasteiger partial charge in [0.1, 0.15) is 0 Å². The smallest absolute Gasteiger partial charge is 0.306 e. The first-order valence-corrected chi connectivity index (χ1v) is 18.9. The molecule has 5 nitrogen and oxygen atoms in total. The van der Waals surface area contributed by atoms with Crippen LogP contribution in [-0.4, -0.2) is 40.8 Å². The molecule has 0 amide bonds. The lowest BCUT2D eigenvalue weighted by atomic mass is 10.0. The molecule has 0 bridgehead atoms. The molecule has 1 unspecified atom stereocenters. The second-order valence-corrected chi connectivity index (χ2v) is 12.8. The Morgan fingerprint density at radius 1 is 0.545 bits per heavy atom. The number of esters is 1. The molecular formula is C39H72O5. The topological polar surface area (TPSA) is 83.8 Å². The third-order valence-electron chi connectivity index (χ3n) is 8.50. The van der Waals surface area contributed by atoms with Crippen LogP contribution in [0.25, 0.3) is 0 Å². The van der Waals surface area contributed by atoms with Crippen LogP contribution in [0.4, 0.5) is 0 Å². The SMILES string of the molecule is CCCCC/C=C\C/C=C\CCCCCCCC(=O)O[C@@H](CO)C(O)C(=O)CCCCCCCCCCCCCCCCC. The fraction of sp³-hybridized carbons (Fsp3) is 0.846. The monoisotopic (exact) mass is 621 g/mol. The number of rotatable bonds is 34. The first kappa shape index (κ1) is 42.5. The maximum Gasteiger partial charge on any atom is 0.306 e. The van der Waals surface area contributed by atoms with Gasteiger partial charge in [0.25, 0.3) is 0 Å². The summed E-state index contributed by atoms with van der Waals surface area (Å²) in [6, 6.07) is 0. The van der Waals surface area contributed by atoms with Crippen molar-refractivity contribution in [1.29, 1.82) is 0 Å². The average Bonchev–Trinajstić information content (AvgIpc) is 3.03. The Bertz CT molecular complexity index is 686. The fourth-order valence-corrected chi connectivity index (χ4v) is 5.54. The van der Waals surface area contributed by atoms with E-state index >= 15 is 0 Å². The molecule has 0 aromatic carbocycles. The lowest BCUT2D eigenvalue weighted by Crippen LogP contribution is -2.40. The van der Waals surface area contributed by atoms with E-state index in [4.69, 9.17) is 4.74 Å². The standard InChI is InChI=1S/C39H72O5/c1-3-5-7-9-11-13-15-17-19-21-23-25-27-29-31-33-36(41)39(43)37(35-40)44-38(42)34-32-30-28-26-24-22-20-18-16-14-12-10-8-6-4-2/h12,14,18,20,37,39-40,43H,3-11,13,15-17,19,21-35H2,1-2H3/b14-12-,20-18-/t37-,39?/m0/s1. The van der Waals surface area contributed by atoms with Gasteiger partial charge < -0.3 is 14.9 Å². The minimum Gasteiger partial charge on any atom is -0.457 e. The number of hydrogen-bond donors (Lipinski definition) is 2. The molecule has 0 fully saturated rings. The van der Waals surface area contributed by atoms with Gasteiger partial charge in [-0.1, -0.05) is 160 Å². The molecule has 5 heteroatoms. The Morgan fingerprint density at radius 2 is 0.932 bits per heavy atom. The highest BCUT2D eigenvalue weighted by molar-refractivity contribution is 5.83. The molecule has 0 aromatic rings. The zero-order valence-corrected chi connectivity index (χ0v) is 29.1. The number of aliphatic hydroxyl groups excluding tert-OH is 2. The number of allylic oxidation sites excluding steroid dienone is 4. The van der Waals surface area contributed by atoms with Crippen LogP contribution in [0.3, 0.4) is 0 Å². The van der Waals surface area contributed by atoms with E-state index in [0.717, 1.165) is 64.2 Å². The van der Waals surface area contributed by atoms with Crippen molar-refractivity contribution >= 4 is 11.8 Å². The van der Waals surface area contributed by atoms with Gasteiger partial charge in [0, 0.05) is 12.8 Å². The van der Waals surface area contributed by atoms with Crippen molar-refractivity contribution in [3.63, 3.8) is 0 Å². The van der Waals surface area contributed by atoms with E-state index in [1.165, 1.54) is 103 Å². The minimum absolute atomic E-state index is 0.251. The highest BCUT2D eigenvalue weighted by Crippen LogP contribution is 2.15. The number of carbonyl (C=O) groups is 2. The van der Waals surface area contributed by atoms with Gasteiger partial charge in [-0.3, -0.25) is 9.59 Å². The summed E-state index contributed by atoms with van der Waals surface area (Å²) in [5, 5.41) is 20.0. The summed E-state index contributed by atoms with van der Waals surface area (Å²) in [5.74, 6) is -0.794. The summed E-state index contributed by atoms with van der Waals surface area (Å²) < 4.78 is 5.26. The van der Waals surface area contributed by atoms with Crippen LogP contribution in [0, 0.1) is 0 Å². The number of aliphatic hydroxyl groups is 2. The normalized spacial score (nSPS) is 13.2. The largest absolute Gasteiger partial charge is 0.457 e. The van der Waals surface area contributed by atoms with E-state index in [-0.39, 0.29) is 18.6 Å². The van der Waals surface area contributed by atoms with Crippen molar-refractivity contribution in [3.8, 4) is 0 Å². The molecule has 2 atom stereocenters. The van der Waals surface area contributed by atoms with Crippen molar-refractivity contribution in [3.05, 3.63) is 24.3 Å². The fourth-order valence-electron chi connectivity index (χ4n) is 5.54. The summed E-state index contributed by atoms with van der Waals surface area (Å²) in [7, 11) is 0. The number of carbonyl (C=O) groups excluding carboxylic acids is 2. The van der Waals surface area contributed by atoms with E-state index in [2.05, 4.69) is 38.2 Å². The molecule has 0 aliphatic carbocycles. The number of unbranched alkanes of at least 4 members (excludes halogenated alkanes) is 22. The Kier molecular flexibility index (Phi) is 33.3. The molecule has 0 aliphatic rings. The third-order valence-corrected chi connectivity index (χ3v) is 8.50. The van der Waals surface area contributed by atoms with E-state index < -0.39 is 24.8 Å². The number of Topliss-reactive ketones (excluding diaryl/α,β-unsaturated/α-hetero) is 1. The van der Waals surface area contributed by atoms with Gasteiger partial charge in [0.15, 0.2) is 18.0 Å². The number of hydrogen-bond acceptors (Lipinski definition) is 5. The Labute approximate surface area is 272 Å². The van der Waals surface area contributed by atoms with Gasteiger partial charge in [-0.2, -0.15) is 0 Å². The molecule has 2 N–H and O–H groups in total. The van der Waals surface area contributed by atoms with Crippen molar-refractivity contribution in [2.75, 3.05) is 6.61 Å². The zero-order valence-electron chi connectivity index (χ0n) is 29.1. The first-order valence-electron chi connectivity index (χ1n) is 18.9. The summed E-state index contributed by atoms with van der Waals surface area (Å²) in [5.41, 5.74) is 0. The zero-order chi connectivity index (χ0) is 32.4. The van der Waals surface area contributed by atoms with Gasteiger partial charge in [0.05, 0.1) is 6.61 Å². The molecule has 0 saturated carbocycles. The molecule has 0 spiro atoms. The predicted molar refractivity (Wildman–Crippen MR) is 187 cm³/mol. The van der Waals surface area contributed by atoms with Gasteiger partial charge in [-0.25, -0.2) is 0 Å². The minimum atomic E-state index is -1.44. The van der Waals surface area contributed by atoms with Crippen LogP contribution >= 0.6 is 0 Å². The first-order chi connectivity index (χ1) is 21.6. The lowest BCUT2D eigenvalue weighted by molar-refractivity contribution is -0.161. The number of ether oxygens (including phenoxy) is 1. The summed E-state index contributed by atoms with van der Waals surface area (Å²) in [6.45, 7) is 3.95. The van der Waals surface area contributed by atoms with Crippen molar-refractivity contribution in [1.82, 2.24) is 0 Å². The Balaban J connectivity index is 3.71. The molecule has 44 heavy (non-hydrogen) atoms. The molecule has 258 valence electrons. The summed E-state index contributed by atoms with van der Waals surface area (Å²) >= 11 is 0. The molecule has 0 aliphatic heterocycles. The molecule has 0 heterocycles. The summed E-state index contributed by atoms with van der Waals surface area (Å²) in [6.07, 6.45) is 38.0. The lowest BCUT2D eigenvalue weighted by Gasteiger charge is -2.20. The quantitative estimate of drug-likeness (QED) is 0.0425. The van der Waals surface area contributed by atoms with Gasteiger partial charge in [-0.15, -0.1) is 0 Å². The highest BCUT2D eigenvalue weighted by atomic mass is 16.6. The van der Waals surface area contributed by atoms with E-state index in [9.17, 15) is 19.8 Å². The van der Waals surface area contributed by atoms with Crippen molar-refractivity contribution in [2.24, 2.45) is 0 Å². The van der Waals surface area contributed by atoms with Crippen LogP contribution in [0.5, 0.6) is 0 Å². The van der Waals surface area contributed by atoms with E-state index in [1.807, 2.05) is 0 Å². The van der Waals surface area contributed by atoms with Crippen LogP contribution in [-0.2, 0) is 14.3 Å². The second-order valence-electron chi connectivity index (χ2n) is 12.8.